The fourth-order valence-corrected chi connectivity index (χ4v) is 2.20. The Morgan fingerprint density at radius 3 is 2.76 bits per heavy atom. The number of rotatable bonds is 2. The third-order valence-electron chi connectivity index (χ3n) is 3.25. The van der Waals surface area contributed by atoms with E-state index in [2.05, 4.69) is 10.3 Å². The van der Waals surface area contributed by atoms with Gasteiger partial charge < -0.3 is 16.8 Å². The maximum absolute atomic E-state index is 12.3. The van der Waals surface area contributed by atoms with E-state index in [1.807, 2.05) is 24.3 Å². The Hall–Kier alpha value is -3.08. The van der Waals surface area contributed by atoms with Crippen LogP contribution in [0.25, 0.3) is 10.8 Å². The first-order valence-corrected chi connectivity index (χ1v) is 6.44. The Kier molecular flexibility index (Phi) is 3.16. The third-order valence-corrected chi connectivity index (χ3v) is 3.25. The molecule has 3 aromatic rings. The highest BCUT2D eigenvalue weighted by Crippen LogP contribution is 2.24. The van der Waals surface area contributed by atoms with E-state index in [1.165, 1.54) is 0 Å². The van der Waals surface area contributed by atoms with Crippen LogP contribution in [0.1, 0.15) is 10.4 Å². The summed E-state index contributed by atoms with van der Waals surface area (Å²) in [6.07, 6.45) is 3.43. The molecule has 3 rings (SSSR count). The molecule has 0 saturated carbocycles. The molecular weight excluding hydrogens is 264 g/mol. The van der Waals surface area contributed by atoms with Crippen LogP contribution < -0.4 is 16.8 Å². The van der Waals surface area contributed by atoms with Crippen LogP contribution in [0.5, 0.6) is 0 Å². The number of pyridine rings is 1. The van der Waals surface area contributed by atoms with Gasteiger partial charge in [0.2, 0.25) is 0 Å². The molecule has 0 bridgehead atoms. The van der Waals surface area contributed by atoms with E-state index in [0.29, 0.717) is 22.6 Å². The van der Waals surface area contributed by atoms with Crippen LogP contribution in [0.3, 0.4) is 0 Å². The molecule has 0 radical (unpaired) electrons. The van der Waals surface area contributed by atoms with Crippen LogP contribution in [-0.4, -0.2) is 10.9 Å². The molecule has 5 N–H and O–H groups in total. The van der Waals surface area contributed by atoms with Crippen LogP contribution in [0.15, 0.2) is 54.9 Å². The van der Waals surface area contributed by atoms with Crippen LogP contribution in [0, 0.1) is 0 Å². The van der Waals surface area contributed by atoms with Crippen molar-refractivity contribution in [1.29, 1.82) is 0 Å². The molecule has 1 amide bonds. The number of nitrogens with two attached hydrogens (primary N) is 2. The second-order valence-corrected chi connectivity index (χ2v) is 4.70. The Morgan fingerprint density at radius 1 is 1.10 bits per heavy atom. The maximum atomic E-state index is 12.3. The number of amides is 1. The lowest BCUT2D eigenvalue weighted by molar-refractivity contribution is 0.102. The van der Waals surface area contributed by atoms with Gasteiger partial charge in [-0.1, -0.05) is 12.1 Å². The molecule has 2 aromatic carbocycles. The van der Waals surface area contributed by atoms with Crippen LogP contribution in [0.2, 0.25) is 0 Å². The molecule has 0 fully saturated rings. The van der Waals surface area contributed by atoms with Crippen molar-refractivity contribution in [3.63, 3.8) is 0 Å². The van der Waals surface area contributed by atoms with Crippen LogP contribution in [0.4, 0.5) is 17.1 Å². The molecule has 1 aromatic heterocycles. The van der Waals surface area contributed by atoms with E-state index >= 15 is 0 Å². The van der Waals surface area contributed by atoms with Gasteiger partial charge in [0.25, 0.3) is 5.91 Å². The molecule has 104 valence electrons. The fraction of sp³-hybridized carbons (Fsp3) is 0. The number of hydrogen-bond donors (Lipinski definition) is 3. The highest BCUT2D eigenvalue weighted by Gasteiger charge is 2.11. The molecular formula is C16H14N4O. The number of benzene rings is 2. The second kappa shape index (κ2) is 5.13. The molecule has 21 heavy (non-hydrogen) atoms. The summed E-state index contributed by atoms with van der Waals surface area (Å²) in [5.74, 6) is -0.274. The molecule has 1 heterocycles. The average Bonchev–Trinajstić information content (AvgIpc) is 2.47. The lowest BCUT2D eigenvalue weighted by Crippen LogP contribution is -2.14. The minimum atomic E-state index is -0.274. The monoisotopic (exact) mass is 278 g/mol. The number of anilines is 3. The topological polar surface area (TPSA) is 94.0 Å². The normalized spacial score (nSPS) is 10.5. The first kappa shape index (κ1) is 12.9. The number of fused-ring (bicyclic) bond motifs is 1. The van der Waals surface area contributed by atoms with E-state index in [0.717, 1.165) is 10.8 Å². The fourth-order valence-electron chi connectivity index (χ4n) is 2.20. The lowest BCUT2D eigenvalue weighted by atomic mass is 10.1. The van der Waals surface area contributed by atoms with Crippen molar-refractivity contribution in [3.8, 4) is 0 Å². The molecule has 5 heteroatoms. The zero-order chi connectivity index (χ0) is 14.8. The highest BCUT2D eigenvalue weighted by atomic mass is 16.1. The number of carbonyl (C=O) groups excluding carboxylic acids is 1. The zero-order valence-corrected chi connectivity index (χ0v) is 11.2. The third kappa shape index (κ3) is 2.49. The number of nitrogen functional groups attached to an aromatic ring is 2. The van der Waals surface area contributed by atoms with Crippen molar-refractivity contribution >= 4 is 33.7 Å². The number of nitrogens with zero attached hydrogens (tertiary/aromatic N) is 1. The number of aromatic nitrogens is 1. The molecule has 0 atom stereocenters. The van der Waals surface area contributed by atoms with Gasteiger partial charge in [0.1, 0.15) is 0 Å². The minimum absolute atomic E-state index is 0.274. The van der Waals surface area contributed by atoms with E-state index in [1.54, 1.807) is 30.6 Å². The lowest BCUT2D eigenvalue weighted by Gasteiger charge is -2.10. The summed E-state index contributed by atoms with van der Waals surface area (Å²) in [5.41, 5.74) is 13.4. The smallest absolute Gasteiger partial charge is 0.257 e. The van der Waals surface area contributed by atoms with Crippen molar-refractivity contribution in [2.24, 2.45) is 0 Å². The predicted octanol–water partition coefficient (Wildman–Crippen LogP) is 2.65. The van der Waals surface area contributed by atoms with Gasteiger partial charge in [0.05, 0.1) is 11.3 Å². The van der Waals surface area contributed by atoms with Crippen molar-refractivity contribution in [1.82, 2.24) is 4.98 Å². The molecule has 0 saturated heterocycles. The van der Waals surface area contributed by atoms with Crippen LogP contribution >= 0.6 is 0 Å². The van der Waals surface area contributed by atoms with Gasteiger partial charge >= 0.3 is 0 Å². The van der Waals surface area contributed by atoms with E-state index in [9.17, 15) is 4.79 Å². The summed E-state index contributed by atoms with van der Waals surface area (Å²) in [4.78, 5) is 16.4. The Labute approximate surface area is 121 Å². The van der Waals surface area contributed by atoms with E-state index < -0.39 is 0 Å². The molecule has 0 unspecified atom stereocenters. The molecule has 0 aliphatic rings. The maximum Gasteiger partial charge on any atom is 0.257 e. The van der Waals surface area contributed by atoms with Crippen molar-refractivity contribution < 1.29 is 4.79 Å². The van der Waals surface area contributed by atoms with Crippen molar-refractivity contribution in [3.05, 3.63) is 60.4 Å². The quantitative estimate of drug-likeness (QED) is 0.628. The number of nitrogens with one attached hydrogen (secondary N) is 1. The largest absolute Gasteiger partial charge is 0.399 e. The summed E-state index contributed by atoms with van der Waals surface area (Å²) in [7, 11) is 0. The first-order valence-electron chi connectivity index (χ1n) is 6.44. The Morgan fingerprint density at radius 2 is 1.95 bits per heavy atom. The van der Waals surface area contributed by atoms with Gasteiger partial charge in [-0.25, -0.2) is 0 Å². The summed E-state index contributed by atoms with van der Waals surface area (Å²) in [5, 5.41) is 4.75. The van der Waals surface area contributed by atoms with Gasteiger partial charge in [-0.2, -0.15) is 0 Å². The Balaban J connectivity index is 1.97. The van der Waals surface area contributed by atoms with Gasteiger partial charge in [-0.05, 0) is 35.7 Å². The van der Waals surface area contributed by atoms with Gasteiger partial charge in [0, 0.05) is 29.2 Å². The van der Waals surface area contributed by atoms with Crippen molar-refractivity contribution in [2.45, 2.75) is 0 Å². The average molecular weight is 278 g/mol. The molecule has 5 nitrogen and oxygen atoms in total. The highest BCUT2D eigenvalue weighted by molar-refractivity contribution is 6.11. The van der Waals surface area contributed by atoms with Crippen molar-refractivity contribution in [2.75, 3.05) is 16.8 Å². The molecule has 0 aliphatic heterocycles. The van der Waals surface area contributed by atoms with E-state index in [4.69, 9.17) is 11.5 Å². The summed E-state index contributed by atoms with van der Waals surface area (Å²) in [6.45, 7) is 0. The first-order chi connectivity index (χ1) is 10.1. The molecule has 0 aliphatic carbocycles. The summed E-state index contributed by atoms with van der Waals surface area (Å²) >= 11 is 0. The van der Waals surface area contributed by atoms with Gasteiger partial charge in [-0.3, -0.25) is 9.78 Å². The van der Waals surface area contributed by atoms with Gasteiger partial charge in [0.15, 0.2) is 0 Å². The zero-order valence-electron chi connectivity index (χ0n) is 11.2. The standard InChI is InChI=1S/C16H14N4O/c17-11-4-5-12(14(18)8-11)16(21)20-15-3-1-2-10-6-7-19-9-13(10)15/h1-9H,17-18H2,(H,20,21). The summed E-state index contributed by atoms with van der Waals surface area (Å²) < 4.78 is 0. The number of hydrogen-bond acceptors (Lipinski definition) is 4. The minimum Gasteiger partial charge on any atom is -0.399 e. The second-order valence-electron chi connectivity index (χ2n) is 4.70. The van der Waals surface area contributed by atoms with Crippen LogP contribution in [-0.2, 0) is 0 Å². The molecule has 0 spiro atoms. The summed E-state index contributed by atoms with van der Waals surface area (Å²) in [6, 6.07) is 12.4. The van der Waals surface area contributed by atoms with E-state index in [-0.39, 0.29) is 5.91 Å². The number of carbonyl (C=O) groups is 1. The Bertz CT molecular complexity index is 824. The SMILES string of the molecule is Nc1ccc(C(=O)Nc2cccc3ccncc23)c(N)c1. The predicted molar refractivity (Wildman–Crippen MR) is 85.0 cm³/mol. The van der Waals surface area contributed by atoms with Gasteiger partial charge in [-0.15, -0.1) is 0 Å².